The van der Waals surface area contributed by atoms with Crippen molar-refractivity contribution < 1.29 is 27.5 Å². The summed E-state index contributed by atoms with van der Waals surface area (Å²) in [6.07, 6.45) is 3.62. The second-order valence-corrected chi connectivity index (χ2v) is 12.7. The molecule has 4 rings (SSSR count). The summed E-state index contributed by atoms with van der Waals surface area (Å²) in [5.41, 5.74) is 3.37. The first-order chi connectivity index (χ1) is 20.7. The minimum atomic E-state index is -3.64. The van der Waals surface area contributed by atoms with E-state index in [0.29, 0.717) is 30.2 Å². The fourth-order valence-electron chi connectivity index (χ4n) is 5.11. The Kier molecular flexibility index (Phi) is 11.1. The maximum absolute atomic E-state index is 14.0. The quantitative estimate of drug-likeness (QED) is 0.248. The third-order valence-electron chi connectivity index (χ3n) is 7.33. The Bertz CT molecular complexity index is 1500. The number of sulfonamides is 1. The molecule has 1 atom stereocenters. The molecular weight excluding hydrogens is 566 g/mol. The smallest absolute Gasteiger partial charge is 0.243 e. The number of unbranched alkanes of at least 4 members (excludes halogenated alkanes) is 1. The topological polar surface area (TPSA) is 105 Å². The normalized spacial score (nSPS) is 12.9. The summed E-state index contributed by atoms with van der Waals surface area (Å²) < 4.78 is 37.5. The van der Waals surface area contributed by atoms with Crippen molar-refractivity contribution in [1.29, 1.82) is 0 Å². The number of fused-ring (bicyclic) bond motifs is 1. The van der Waals surface area contributed by atoms with Crippen LogP contribution in [0.3, 0.4) is 0 Å². The lowest BCUT2D eigenvalue weighted by Gasteiger charge is -2.32. The first-order valence-corrected chi connectivity index (χ1v) is 16.5. The number of anilines is 1. The van der Waals surface area contributed by atoms with Gasteiger partial charge < -0.3 is 19.7 Å². The zero-order chi connectivity index (χ0) is 30.8. The van der Waals surface area contributed by atoms with Crippen molar-refractivity contribution in [2.24, 2.45) is 0 Å². The molecule has 0 radical (unpaired) electrons. The standard InChI is InChI=1S/C33H41N3O6S/c1-4-5-18-34-33(38)29(21-26-12-7-6-8-13-26)35(23-27-14-9-11-25(2)20-27)32(37)15-10-19-36(43(3,39)40)28-16-17-30-31(22-28)42-24-41-30/h6-9,11-14,16-17,20,22,29H,4-5,10,15,18-19,21,23-24H2,1-3H3,(H,34,38)/t29-/m1/s1. The lowest BCUT2D eigenvalue weighted by molar-refractivity contribution is -0.141. The molecule has 0 aliphatic carbocycles. The molecule has 1 N–H and O–H groups in total. The van der Waals surface area contributed by atoms with Crippen LogP contribution in [0.2, 0.25) is 0 Å². The zero-order valence-electron chi connectivity index (χ0n) is 25.1. The van der Waals surface area contributed by atoms with Gasteiger partial charge in [-0.1, -0.05) is 73.5 Å². The van der Waals surface area contributed by atoms with Gasteiger partial charge in [-0.2, -0.15) is 0 Å². The highest BCUT2D eigenvalue weighted by atomic mass is 32.2. The van der Waals surface area contributed by atoms with E-state index in [2.05, 4.69) is 12.2 Å². The molecule has 230 valence electrons. The van der Waals surface area contributed by atoms with Gasteiger partial charge in [-0.15, -0.1) is 0 Å². The first kappa shape index (κ1) is 31.9. The lowest BCUT2D eigenvalue weighted by Crippen LogP contribution is -2.50. The molecule has 1 heterocycles. The largest absolute Gasteiger partial charge is 0.454 e. The molecule has 10 heteroatoms. The molecule has 3 aromatic rings. The average Bonchev–Trinajstić information content (AvgIpc) is 3.45. The zero-order valence-corrected chi connectivity index (χ0v) is 25.9. The third-order valence-corrected chi connectivity index (χ3v) is 8.53. The third kappa shape index (κ3) is 8.97. The molecule has 1 aliphatic rings. The number of carbonyl (C=O) groups is 2. The average molecular weight is 608 g/mol. The van der Waals surface area contributed by atoms with Crippen molar-refractivity contribution in [2.75, 3.05) is 30.4 Å². The summed E-state index contributed by atoms with van der Waals surface area (Å²) in [5.74, 6) is 0.619. The Morgan fingerprint density at radius 1 is 0.930 bits per heavy atom. The number of rotatable bonds is 15. The number of carbonyl (C=O) groups excluding carboxylic acids is 2. The summed E-state index contributed by atoms with van der Waals surface area (Å²) in [6, 6.07) is 21.8. The van der Waals surface area contributed by atoms with Crippen molar-refractivity contribution in [3.05, 3.63) is 89.5 Å². The van der Waals surface area contributed by atoms with E-state index < -0.39 is 16.1 Å². The molecule has 0 spiro atoms. The maximum atomic E-state index is 14.0. The Hall–Kier alpha value is -4.05. The van der Waals surface area contributed by atoms with E-state index in [0.717, 1.165) is 35.8 Å². The van der Waals surface area contributed by atoms with Crippen LogP contribution in [0, 0.1) is 6.92 Å². The fraction of sp³-hybridized carbons (Fsp3) is 0.394. The Balaban J connectivity index is 1.56. The highest BCUT2D eigenvalue weighted by Gasteiger charge is 2.30. The van der Waals surface area contributed by atoms with E-state index in [1.807, 2.05) is 61.5 Å². The molecule has 0 unspecified atom stereocenters. The molecule has 2 amide bonds. The van der Waals surface area contributed by atoms with Crippen molar-refractivity contribution >= 4 is 27.5 Å². The van der Waals surface area contributed by atoms with E-state index >= 15 is 0 Å². The highest BCUT2D eigenvalue weighted by molar-refractivity contribution is 7.92. The van der Waals surface area contributed by atoms with Crippen LogP contribution in [0.25, 0.3) is 0 Å². The second-order valence-electron chi connectivity index (χ2n) is 10.8. The second kappa shape index (κ2) is 14.9. The van der Waals surface area contributed by atoms with E-state index in [1.165, 1.54) is 4.31 Å². The van der Waals surface area contributed by atoms with Gasteiger partial charge in [-0.05, 0) is 43.0 Å². The van der Waals surface area contributed by atoms with Gasteiger partial charge in [0.15, 0.2) is 11.5 Å². The van der Waals surface area contributed by atoms with Crippen LogP contribution >= 0.6 is 0 Å². The van der Waals surface area contributed by atoms with Crippen LogP contribution in [0.15, 0.2) is 72.8 Å². The number of nitrogens with zero attached hydrogens (tertiary/aromatic N) is 2. The molecule has 1 aliphatic heterocycles. The fourth-order valence-corrected chi connectivity index (χ4v) is 6.07. The van der Waals surface area contributed by atoms with E-state index in [9.17, 15) is 18.0 Å². The number of hydrogen-bond donors (Lipinski definition) is 1. The monoisotopic (exact) mass is 607 g/mol. The number of nitrogens with one attached hydrogen (secondary N) is 1. The van der Waals surface area contributed by atoms with Crippen molar-refractivity contribution in [1.82, 2.24) is 10.2 Å². The minimum absolute atomic E-state index is 0.0654. The molecule has 3 aromatic carbocycles. The summed E-state index contributed by atoms with van der Waals surface area (Å²) in [6.45, 7) is 5.02. The van der Waals surface area contributed by atoms with Crippen LogP contribution in [0.1, 0.15) is 49.3 Å². The van der Waals surface area contributed by atoms with Gasteiger partial charge in [0.2, 0.25) is 28.6 Å². The van der Waals surface area contributed by atoms with Crippen molar-refractivity contribution in [3.8, 4) is 11.5 Å². The highest BCUT2D eigenvalue weighted by Crippen LogP contribution is 2.36. The number of amides is 2. The minimum Gasteiger partial charge on any atom is -0.454 e. The molecule has 9 nitrogen and oxygen atoms in total. The van der Waals surface area contributed by atoms with Crippen LogP contribution in [-0.2, 0) is 32.6 Å². The van der Waals surface area contributed by atoms with Gasteiger partial charge in [0.05, 0.1) is 11.9 Å². The van der Waals surface area contributed by atoms with Crippen molar-refractivity contribution in [3.63, 3.8) is 0 Å². The molecule has 0 saturated heterocycles. The Morgan fingerprint density at radius 2 is 1.67 bits per heavy atom. The van der Waals surface area contributed by atoms with E-state index in [-0.39, 0.29) is 44.5 Å². The first-order valence-electron chi connectivity index (χ1n) is 14.7. The van der Waals surface area contributed by atoms with Gasteiger partial charge >= 0.3 is 0 Å². The predicted molar refractivity (Wildman–Crippen MR) is 168 cm³/mol. The van der Waals surface area contributed by atoms with Gasteiger partial charge in [0.1, 0.15) is 6.04 Å². The predicted octanol–water partition coefficient (Wildman–Crippen LogP) is 4.83. The van der Waals surface area contributed by atoms with Crippen LogP contribution in [0.5, 0.6) is 11.5 Å². The van der Waals surface area contributed by atoms with Gasteiger partial charge in [0, 0.05) is 38.5 Å². The Morgan fingerprint density at radius 3 is 2.40 bits per heavy atom. The summed E-state index contributed by atoms with van der Waals surface area (Å²) in [5, 5.41) is 3.03. The maximum Gasteiger partial charge on any atom is 0.243 e. The van der Waals surface area contributed by atoms with Crippen molar-refractivity contribution in [2.45, 2.75) is 58.5 Å². The summed E-state index contributed by atoms with van der Waals surface area (Å²) >= 11 is 0. The molecule has 0 fully saturated rings. The van der Waals surface area contributed by atoms with Crippen LogP contribution < -0.4 is 19.1 Å². The molecule has 0 bridgehead atoms. The molecule has 0 saturated carbocycles. The van der Waals surface area contributed by atoms with Gasteiger partial charge in [0.25, 0.3) is 0 Å². The van der Waals surface area contributed by atoms with Gasteiger partial charge in [-0.25, -0.2) is 8.42 Å². The number of ether oxygens (including phenoxy) is 2. The van der Waals surface area contributed by atoms with Crippen LogP contribution in [-0.4, -0.2) is 57.3 Å². The van der Waals surface area contributed by atoms with Gasteiger partial charge in [-0.3, -0.25) is 13.9 Å². The SMILES string of the molecule is CCCCNC(=O)[C@@H](Cc1ccccc1)N(Cc1cccc(C)c1)C(=O)CCCN(c1ccc2c(c1)OCO2)S(C)(=O)=O. The van der Waals surface area contributed by atoms with E-state index in [4.69, 9.17) is 9.47 Å². The molecule has 43 heavy (non-hydrogen) atoms. The lowest BCUT2D eigenvalue weighted by atomic mass is 10.0. The Labute approximate surface area is 254 Å². The summed E-state index contributed by atoms with van der Waals surface area (Å²) in [4.78, 5) is 29.2. The number of benzene rings is 3. The summed E-state index contributed by atoms with van der Waals surface area (Å²) in [7, 11) is -3.64. The van der Waals surface area contributed by atoms with E-state index in [1.54, 1.807) is 23.1 Å². The molecule has 0 aromatic heterocycles. The van der Waals surface area contributed by atoms with Crippen LogP contribution in [0.4, 0.5) is 5.69 Å². The molecular formula is C33H41N3O6S. The number of aryl methyl sites for hydroxylation is 1. The number of hydrogen-bond acceptors (Lipinski definition) is 6.